The van der Waals surface area contributed by atoms with Gasteiger partial charge in [0.15, 0.2) is 0 Å². The Balaban J connectivity index is 2.50. The molecule has 5 nitrogen and oxygen atoms in total. The molecule has 5 heteroatoms. The molecular formula is C11H21N3O2. The number of likely N-dealkylation sites (N-methyl/N-ethyl adjacent to an activating group) is 1. The predicted octanol–water partition coefficient (Wildman–Crippen LogP) is -0.467. The van der Waals surface area contributed by atoms with Gasteiger partial charge in [-0.1, -0.05) is 6.92 Å². The maximum atomic E-state index is 11.8. The number of carbonyl (C=O) groups is 2. The van der Waals surface area contributed by atoms with Crippen LogP contribution in [0, 0.1) is 5.92 Å². The Labute approximate surface area is 96.8 Å². The average molecular weight is 227 g/mol. The van der Waals surface area contributed by atoms with E-state index in [9.17, 15) is 9.59 Å². The summed E-state index contributed by atoms with van der Waals surface area (Å²) < 4.78 is 0. The summed E-state index contributed by atoms with van der Waals surface area (Å²) in [5, 5.41) is 3.07. The van der Waals surface area contributed by atoms with Crippen LogP contribution in [0.15, 0.2) is 0 Å². The molecule has 0 radical (unpaired) electrons. The van der Waals surface area contributed by atoms with Crippen molar-refractivity contribution in [1.82, 2.24) is 15.1 Å². The van der Waals surface area contributed by atoms with Gasteiger partial charge in [0.05, 0.1) is 13.1 Å². The lowest BCUT2D eigenvalue weighted by Gasteiger charge is -2.34. The number of carbonyl (C=O) groups excluding carboxylic acids is 2. The molecule has 1 saturated heterocycles. The Morgan fingerprint density at radius 3 is 2.38 bits per heavy atom. The number of nitrogens with one attached hydrogen (secondary N) is 1. The first kappa shape index (κ1) is 13.0. The van der Waals surface area contributed by atoms with Crippen molar-refractivity contribution >= 4 is 11.8 Å². The van der Waals surface area contributed by atoms with E-state index < -0.39 is 0 Å². The lowest BCUT2D eigenvalue weighted by Crippen LogP contribution is -2.54. The quantitative estimate of drug-likeness (QED) is 0.691. The first-order valence-electron chi connectivity index (χ1n) is 5.78. The van der Waals surface area contributed by atoms with E-state index in [4.69, 9.17) is 0 Å². The maximum Gasteiger partial charge on any atom is 0.242 e. The van der Waals surface area contributed by atoms with E-state index in [1.807, 2.05) is 14.0 Å². The second-order valence-electron chi connectivity index (χ2n) is 4.35. The van der Waals surface area contributed by atoms with Crippen LogP contribution >= 0.6 is 0 Å². The summed E-state index contributed by atoms with van der Waals surface area (Å²) in [5.74, 6) is 0.484. The Kier molecular flexibility index (Phi) is 4.73. The minimum absolute atomic E-state index is 0.0544. The van der Waals surface area contributed by atoms with Crippen molar-refractivity contribution < 1.29 is 9.59 Å². The van der Waals surface area contributed by atoms with Crippen LogP contribution < -0.4 is 5.32 Å². The summed E-state index contributed by atoms with van der Waals surface area (Å²) in [6.45, 7) is 6.57. The monoisotopic (exact) mass is 227 g/mol. The van der Waals surface area contributed by atoms with Crippen molar-refractivity contribution in [3.05, 3.63) is 0 Å². The molecule has 1 heterocycles. The third-order valence-electron chi connectivity index (χ3n) is 2.82. The molecule has 1 aliphatic rings. The summed E-state index contributed by atoms with van der Waals surface area (Å²) in [5.41, 5.74) is 0. The highest BCUT2D eigenvalue weighted by Gasteiger charge is 2.29. The van der Waals surface area contributed by atoms with Crippen LogP contribution in [0.4, 0.5) is 0 Å². The Morgan fingerprint density at radius 1 is 1.25 bits per heavy atom. The number of hydrogen-bond donors (Lipinski definition) is 1. The molecule has 2 amide bonds. The maximum absolute atomic E-state index is 11.8. The predicted molar refractivity (Wildman–Crippen MR) is 61.9 cm³/mol. The molecule has 92 valence electrons. The Bertz CT molecular complexity index is 268. The van der Waals surface area contributed by atoms with Gasteiger partial charge in [-0.3, -0.25) is 9.59 Å². The van der Waals surface area contributed by atoms with E-state index in [1.54, 1.807) is 9.80 Å². The SMILES string of the molecule is CCN1CC(=O)N(CC(C)CNC)CC1=O. The lowest BCUT2D eigenvalue weighted by atomic mass is 10.1. The van der Waals surface area contributed by atoms with Gasteiger partial charge in [-0.2, -0.15) is 0 Å². The van der Waals surface area contributed by atoms with Crippen molar-refractivity contribution in [3.63, 3.8) is 0 Å². The summed E-state index contributed by atoms with van der Waals surface area (Å²) in [4.78, 5) is 26.7. The summed E-state index contributed by atoms with van der Waals surface area (Å²) >= 11 is 0. The van der Waals surface area contributed by atoms with Crippen molar-refractivity contribution in [2.24, 2.45) is 5.92 Å². The standard InChI is InChI=1S/C11H21N3O2/c1-4-13-7-11(16)14(8-10(13)15)6-9(2)5-12-3/h9,12H,4-8H2,1-3H3. The van der Waals surface area contributed by atoms with Crippen molar-refractivity contribution in [3.8, 4) is 0 Å². The third kappa shape index (κ3) is 3.20. The van der Waals surface area contributed by atoms with Crippen LogP contribution in [0.5, 0.6) is 0 Å². The summed E-state index contributed by atoms with van der Waals surface area (Å²) in [7, 11) is 1.89. The molecule has 0 aromatic heterocycles. The van der Waals surface area contributed by atoms with E-state index in [0.29, 0.717) is 19.0 Å². The minimum atomic E-state index is 0.0544. The highest BCUT2D eigenvalue weighted by Crippen LogP contribution is 2.07. The van der Waals surface area contributed by atoms with E-state index in [2.05, 4.69) is 12.2 Å². The zero-order valence-corrected chi connectivity index (χ0v) is 10.3. The molecule has 16 heavy (non-hydrogen) atoms. The summed E-state index contributed by atoms with van der Waals surface area (Å²) in [6.07, 6.45) is 0. The van der Waals surface area contributed by atoms with Gasteiger partial charge >= 0.3 is 0 Å². The fraction of sp³-hybridized carbons (Fsp3) is 0.818. The van der Waals surface area contributed by atoms with Crippen LogP contribution in [-0.2, 0) is 9.59 Å². The fourth-order valence-corrected chi connectivity index (χ4v) is 1.95. The number of nitrogens with zero attached hydrogens (tertiary/aromatic N) is 2. The Hall–Kier alpha value is -1.10. The molecule has 0 bridgehead atoms. The van der Waals surface area contributed by atoms with Gasteiger partial charge in [-0.15, -0.1) is 0 Å². The first-order chi connectivity index (χ1) is 7.58. The van der Waals surface area contributed by atoms with Crippen LogP contribution in [0.2, 0.25) is 0 Å². The van der Waals surface area contributed by atoms with E-state index in [-0.39, 0.29) is 24.9 Å². The minimum Gasteiger partial charge on any atom is -0.332 e. The molecule has 0 aliphatic carbocycles. The van der Waals surface area contributed by atoms with Crippen LogP contribution in [0.1, 0.15) is 13.8 Å². The highest BCUT2D eigenvalue weighted by molar-refractivity contribution is 5.92. The van der Waals surface area contributed by atoms with Gasteiger partial charge in [0.2, 0.25) is 11.8 Å². The van der Waals surface area contributed by atoms with Gasteiger partial charge in [0.1, 0.15) is 0 Å². The van der Waals surface area contributed by atoms with Gasteiger partial charge in [0, 0.05) is 13.1 Å². The molecule has 1 fully saturated rings. The molecule has 0 spiro atoms. The number of piperazine rings is 1. The van der Waals surface area contributed by atoms with E-state index >= 15 is 0 Å². The Morgan fingerprint density at radius 2 is 1.81 bits per heavy atom. The topological polar surface area (TPSA) is 52.7 Å². The third-order valence-corrected chi connectivity index (χ3v) is 2.82. The van der Waals surface area contributed by atoms with Crippen LogP contribution in [0.3, 0.4) is 0 Å². The highest BCUT2D eigenvalue weighted by atomic mass is 16.2. The van der Waals surface area contributed by atoms with Gasteiger partial charge < -0.3 is 15.1 Å². The van der Waals surface area contributed by atoms with Crippen molar-refractivity contribution in [2.45, 2.75) is 13.8 Å². The molecule has 1 rings (SSSR count). The number of amides is 2. The molecule has 1 unspecified atom stereocenters. The summed E-state index contributed by atoms with van der Waals surface area (Å²) in [6, 6.07) is 0. The molecule has 1 N–H and O–H groups in total. The second-order valence-corrected chi connectivity index (χ2v) is 4.35. The molecule has 1 aliphatic heterocycles. The zero-order chi connectivity index (χ0) is 12.1. The molecule has 1 atom stereocenters. The number of hydrogen-bond acceptors (Lipinski definition) is 3. The molecule has 0 aromatic rings. The largest absolute Gasteiger partial charge is 0.332 e. The van der Waals surface area contributed by atoms with Crippen LogP contribution in [-0.4, -0.2) is 61.4 Å². The fourth-order valence-electron chi connectivity index (χ4n) is 1.95. The normalized spacial score (nSPS) is 19.2. The second kappa shape index (κ2) is 5.84. The molecule has 0 saturated carbocycles. The molecular weight excluding hydrogens is 206 g/mol. The zero-order valence-electron chi connectivity index (χ0n) is 10.3. The smallest absolute Gasteiger partial charge is 0.242 e. The van der Waals surface area contributed by atoms with E-state index in [0.717, 1.165) is 6.54 Å². The van der Waals surface area contributed by atoms with Gasteiger partial charge in [-0.25, -0.2) is 0 Å². The number of rotatable bonds is 5. The van der Waals surface area contributed by atoms with Gasteiger partial charge in [-0.05, 0) is 26.4 Å². The van der Waals surface area contributed by atoms with Crippen molar-refractivity contribution in [1.29, 1.82) is 0 Å². The molecule has 0 aromatic carbocycles. The van der Waals surface area contributed by atoms with Crippen LogP contribution in [0.25, 0.3) is 0 Å². The lowest BCUT2D eigenvalue weighted by molar-refractivity contribution is -0.150. The van der Waals surface area contributed by atoms with Crippen molar-refractivity contribution in [2.75, 3.05) is 39.8 Å². The van der Waals surface area contributed by atoms with E-state index in [1.165, 1.54) is 0 Å². The first-order valence-corrected chi connectivity index (χ1v) is 5.78. The average Bonchev–Trinajstić information content (AvgIpc) is 2.23. The van der Waals surface area contributed by atoms with Gasteiger partial charge in [0.25, 0.3) is 0 Å².